The molecule has 0 spiro atoms. The molecule has 3 saturated heterocycles. The van der Waals surface area contributed by atoms with Crippen molar-refractivity contribution in [2.24, 2.45) is 11.3 Å². The molecule has 240 valence electrons. The third-order valence-electron chi connectivity index (χ3n) is 10.5. The molecule has 4 heterocycles. The van der Waals surface area contributed by atoms with Gasteiger partial charge in [-0.1, -0.05) is 62.6 Å². The van der Waals surface area contributed by atoms with Gasteiger partial charge in [-0.05, 0) is 55.9 Å². The lowest BCUT2D eigenvalue weighted by Gasteiger charge is -2.34. The van der Waals surface area contributed by atoms with Crippen LogP contribution in [0.1, 0.15) is 76.0 Å². The molecule has 7 rings (SSSR count). The Morgan fingerprint density at radius 1 is 1.00 bits per heavy atom. The first-order valence-corrected chi connectivity index (χ1v) is 16.4. The minimum Gasteiger partial charge on any atom is -0.464 e. The summed E-state index contributed by atoms with van der Waals surface area (Å²) in [6.45, 7) is 5.64. The Balaban J connectivity index is 1.08. The molecule has 1 saturated carbocycles. The summed E-state index contributed by atoms with van der Waals surface area (Å²) in [5, 5.41) is 1.91. The molecule has 0 aromatic heterocycles. The molecule has 0 bridgehead atoms. The van der Waals surface area contributed by atoms with Crippen LogP contribution in [0.25, 0.3) is 0 Å². The van der Waals surface area contributed by atoms with E-state index in [1.807, 2.05) is 60.5 Å². The molecule has 2 aromatic carbocycles. The highest BCUT2D eigenvalue weighted by Gasteiger charge is 2.58. The van der Waals surface area contributed by atoms with E-state index in [4.69, 9.17) is 19.0 Å². The molecule has 2 amide bonds. The zero-order chi connectivity index (χ0) is 31.1. The van der Waals surface area contributed by atoms with Crippen molar-refractivity contribution in [1.82, 2.24) is 14.9 Å². The van der Waals surface area contributed by atoms with Crippen molar-refractivity contribution >= 4 is 17.8 Å². The average Bonchev–Trinajstić information content (AvgIpc) is 3.84. The van der Waals surface area contributed by atoms with Gasteiger partial charge in [0.05, 0.1) is 18.6 Å². The number of ether oxygens (including phenoxy) is 3. The highest BCUT2D eigenvalue weighted by molar-refractivity contribution is 5.91. The molecule has 5 atom stereocenters. The van der Waals surface area contributed by atoms with Crippen molar-refractivity contribution in [3.63, 3.8) is 0 Å². The maximum absolute atomic E-state index is 14.2. The highest BCUT2D eigenvalue weighted by Crippen LogP contribution is 2.48. The zero-order valence-electron chi connectivity index (χ0n) is 26.2. The summed E-state index contributed by atoms with van der Waals surface area (Å²) in [7, 11) is 0. The van der Waals surface area contributed by atoms with Gasteiger partial charge >= 0.3 is 5.97 Å². The smallest absolute Gasteiger partial charge is 0.328 e. The van der Waals surface area contributed by atoms with E-state index in [9.17, 15) is 14.4 Å². The summed E-state index contributed by atoms with van der Waals surface area (Å²) in [4.78, 5) is 51.1. The van der Waals surface area contributed by atoms with E-state index in [-0.39, 0.29) is 48.6 Å². The van der Waals surface area contributed by atoms with Gasteiger partial charge in [0.25, 0.3) is 0 Å². The topological polar surface area (TPSA) is 97.9 Å². The largest absolute Gasteiger partial charge is 0.464 e. The van der Waals surface area contributed by atoms with Crippen LogP contribution in [-0.4, -0.2) is 77.3 Å². The van der Waals surface area contributed by atoms with E-state index in [1.54, 1.807) is 9.80 Å². The normalized spacial score (nSPS) is 28.8. The second-order valence-electron chi connectivity index (χ2n) is 13.6. The SMILES string of the molecule is CC1C2C(C(=O)N1CC(=O)N1CCCC1C(=O)OCC1(C)CCCCC1)C(c1ccc3c(c1)OCO3)ON2Cc1ccccc1. The highest BCUT2D eigenvalue weighted by atomic mass is 16.7. The molecule has 0 radical (unpaired) electrons. The first-order chi connectivity index (χ1) is 21.8. The quantitative estimate of drug-likeness (QED) is 0.396. The van der Waals surface area contributed by atoms with Crippen LogP contribution in [0.3, 0.4) is 0 Å². The number of amides is 2. The van der Waals surface area contributed by atoms with E-state index < -0.39 is 18.1 Å². The lowest BCUT2D eigenvalue weighted by Crippen LogP contribution is -2.49. The number of carbonyl (C=O) groups excluding carboxylic acids is 3. The van der Waals surface area contributed by atoms with Crippen LogP contribution in [0.2, 0.25) is 0 Å². The number of likely N-dealkylation sites (tertiary alicyclic amines) is 2. The van der Waals surface area contributed by atoms with Gasteiger partial charge < -0.3 is 24.0 Å². The molecule has 10 heteroatoms. The summed E-state index contributed by atoms with van der Waals surface area (Å²) < 4.78 is 17.0. The standard InChI is InChI=1S/C35H43N3O7/c1-23-31-30(32(25-13-14-27-28(18-25)44-22-43-27)45-38(31)19-24-10-5-3-6-11-24)33(40)37(23)20-29(39)36-17-9-12-26(36)34(41)42-21-35(2)15-7-4-8-16-35/h3,5-6,10-11,13-14,18,23,26,30-32H,4,7-9,12,15-17,19-22H2,1-2H3. The molecule has 10 nitrogen and oxygen atoms in total. The van der Waals surface area contributed by atoms with E-state index >= 15 is 0 Å². The molecule has 5 unspecified atom stereocenters. The van der Waals surface area contributed by atoms with Crippen LogP contribution in [0.4, 0.5) is 0 Å². The van der Waals surface area contributed by atoms with Crippen LogP contribution in [0.15, 0.2) is 48.5 Å². The van der Waals surface area contributed by atoms with Gasteiger partial charge in [0.2, 0.25) is 18.6 Å². The fourth-order valence-electron chi connectivity index (χ4n) is 7.96. The minimum atomic E-state index is -0.600. The van der Waals surface area contributed by atoms with Gasteiger partial charge in [-0.2, -0.15) is 5.06 Å². The van der Waals surface area contributed by atoms with E-state index in [2.05, 4.69) is 6.92 Å². The monoisotopic (exact) mass is 617 g/mol. The maximum atomic E-state index is 14.2. The van der Waals surface area contributed by atoms with Crippen molar-refractivity contribution < 1.29 is 33.4 Å². The lowest BCUT2D eigenvalue weighted by molar-refractivity contribution is -0.184. The number of carbonyl (C=O) groups is 3. The Hall–Kier alpha value is -3.63. The van der Waals surface area contributed by atoms with Crippen molar-refractivity contribution in [3.05, 3.63) is 59.7 Å². The molecular formula is C35H43N3O7. The molecule has 45 heavy (non-hydrogen) atoms. The van der Waals surface area contributed by atoms with Crippen LogP contribution >= 0.6 is 0 Å². The average molecular weight is 618 g/mol. The first kappa shape index (κ1) is 30.0. The van der Waals surface area contributed by atoms with E-state index in [0.717, 1.165) is 43.2 Å². The van der Waals surface area contributed by atoms with Crippen LogP contribution < -0.4 is 9.47 Å². The molecule has 1 aliphatic carbocycles. The number of hydrogen-bond acceptors (Lipinski definition) is 8. The van der Waals surface area contributed by atoms with Crippen molar-refractivity contribution in [2.75, 3.05) is 26.5 Å². The predicted octanol–water partition coefficient (Wildman–Crippen LogP) is 4.62. The number of esters is 1. The summed E-state index contributed by atoms with van der Waals surface area (Å²) in [6, 6.07) is 14.5. The van der Waals surface area contributed by atoms with Gasteiger partial charge in [-0.25, -0.2) is 4.79 Å². The fraction of sp³-hybridized carbons (Fsp3) is 0.571. The lowest BCUT2D eigenvalue weighted by atomic mass is 9.76. The Morgan fingerprint density at radius 3 is 2.58 bits per heavy atom. The number of benzene rings is 2. The van der Waals surface area contributed by atoms with Gasteiger partial charge in [-0.3, -0.25) is 14.4 Å². The summed E-state index contributed by atoms with van der Waals surface area (Å²) in [5.74, 6) is 0.128. The van der Waals surface area contributed by atoms with Gasteiger partial charge in [0, 0.05) is 24.5 Å². The van der Waals surface area contributed by atoms with Crippen molar-refractivity contribution in [3.8, 4) is 11.5 Å². The van der Waals surface area contributed by atoms with Gasteiger partial charge in [0.1, 0.15) is 18.7 Å². The molecule has 0 N–H and O–H groups in total. The van der Waals surface area contributed by atoms with Gasteiger partial charge in [-0.15, -0.1) is 0 Å². The van der Waals surface area contributed by atoms with Crippen molar-refractivity contribution in [2.45, 2.75) is 89.6 Å². The number of nitrogens with zero attached hydrogens (tertiary/aromatic N) is 3. The maximum Gasteiger partial charge on any atom is 0.328 e. The second kappa shape index (κ2) is 12.3. The van der Waals surface area contributed by atoms with Crippen LogP contribution in [-0.2, 0) is 30.5 Å². The number of rotatable bonds is 8. The summed E-state index contributed by atoms with van der Waals surface area (Å²) in [5.41, 5.74) is 1.91. The summed E-state index contributed by atoms with van der Waals surface area (Å²) in [6.07, 6.45) is 6.46. The molecule has 5 aliphatic rings. The van der Waals surface area contributed by atoms with Crippen LogP contribution in [0.5, 0.6) is 11.5 Å². The number of hydrogen-bond donors (Lipinski definition) is 0. The Labute approximate surface area is 264 Å². The first-order valence-electron chi connectivity index (χ1n) is 16.4. The third kappa shape index (κ3) is 5.78. The second-order valence-corrected chi connectivity index (χ2v) is 13.6. The van der Waals surface area contributed by atoms with Crippen LogP contribution in [0, 0.1) is 11.3 Å². The van der Waals surface area contributed by atoms with E-state index in [1.165, 1.54) is 6.42 Å². The molecule has 2 aromatic rings. The van der Waals surface area contributed by atoms with Crippen molar-refractivity contribution in [1.29, 1.82) is 0 Å². The fourth-order valence-corrected chi connectivity index (χ4v) is 7.96. The molecule has 4 fully saturated rings. The minimum absolute atomic E-state index is 0.0127. The summed E-state index contributed by atoms with van der Waals surface area (Å²) >= 11 is 0. The predicted molar refractivity (Wildman–Crippen MR) is 164 cm³/mol. The number of fused-ring (bicyclic) bond motifs is 2. The third-order valence-corrected chi connectivity index (χ3v) is 10.5. The van der Waals surface area contributed by atoms with Gasteiger partial charge in [0.15, 0.2) is 11.5 Å². The molecular weight excluding hydrogens is 574 g/mol. The Kier molecular flexibility index (Phi) is 8.20. The zero-order valence-corrected chi connectivity index (χ0v) is 26.2. The Morgan fingerprint density at radius 2 is 1.78 bits per heavy atom. The Bertz CT molecular complexity index is 1430. The number of hydroxylamine groups is 2. The van der Waals surface area contributed by atoms with E-state index in [0.29, 0.717) is 37.6 Å². The molecule has 4 aliphatic heterocycles.